The van der Waals surface area contributed by atoms with Crippen LogP contribution in [0.15, 0.2) is 53.3 Å². The van der Waals surface area contributed by atoms with Gasteiger partial charge >= 0.3 is 12.3 Å². The zero-order valence-electron chi connectivity index (χ0n) is 20.5. The molecule has 0 amide bonds. The van der Waals surface area contributed by atoms with Crippen LogP contribution in [0.1, 0.15) is 28.9 Å². The number of pyridine rings is 3. The fourth-order valence-corrected chi connectivity index (χ4v) is 4.28. The molecule has 3 aromatic heterocycles. The minimum Gasteiger partial charge on any atom is -0.477 e. The van der Waals surface area contributed by atoms with Gasteiger partial charge in [-0.05, 0) is 71.2 Å². The van der Waals surface area contributed by atoms with E-state index < -0.39 is 12.3 Å². The summed E-state index contributed by atoms with van der Waals surface area (Å²) < 4.78 is 52.7. The molecule has 0 fully saturated rings. The van der Waals surface area contributed by atoms with Crippen molar-refractivity contribution in [2.24, 2.45) is 0 Å². The molecule has 2 N–H and O–H groups in total. The van der Waals surface area contributed by atoms with Gasteiger partial charge in [0.2, 0.25) is 5.88 Å². The number of carboxylic acid groups (broad SMARTS) is 1. The lowest BCUT2D eigenvalue weighted by Gasteiger charge is -2.12. The molecule has 0 atom stereocenters. The third-order valence-electron chi connectivity index (χ3n) is 5.55. The Labute approximate surface area is 229 Å². The standard InChI is InChI=1S/C26H24BrF3N4O5/c27-20-13-16(3-6-22(20)39-26(28,29)30)14-31-8-1-2-10-37-11-12-38-24-18-7-9-32-15-19(18)17-4-5-21(25(35)36)33-23(17)34-24/h3-7,9,13,15,31H,1-2,8,10-12,14H2,(H,35,36). The van der Waals surface area contributed by atoms with Gasteiger partial charge in [0.05, 0.1) is 11.1 Å². The smallest absolute Gasteiger partial charge is 0.477 e. The monoisotopic (exact) mass is 608 g/mol. The van der Waals surface area contributed by atoms with E-state index in [1.807, 2.05) is 0 Å². The van der Waals surface area contributed by atoms with E-state index >= 15 is 0 Å². The van der Waals surface area contributed by atoms with Crippen LogP contribution in [0, 0.1) is 0 Å². The molecular weight excluding hydrogens is 585 g/mol. The van der Waals surface area contributed by atoms with E-state index in [0.29, 0.717) is 37.6 Å². The number of ether oxygens (including phenoxy) is 3. The van der Waals surface area contributed by atoms with Crippen molar-refractivity contribution < 1.29 is 37.3 Å². The van der Waals surface area contributed by atoms with Gasteiger partial charge < -0.3 is 24.6 Å². The largest absolute Gasteiger partial charge is 0.573 e. The topological polar surface area (TPSA) is 116 Å². The van der Waals surface area contributed by atoms with Crippen molar-refractivity contribution in [3.8, 4) is 11.6 Å². The second-order valence-corrected chi connectivity index (χ2v) is 9.22. The van der Waals surface area contributed by atoms with Gasteiger partial charge in [-0.1, -0.05) is 6.07 Å². The summed E-state index contributed by atoms with van der Waals surface area (Å²) in [5.74, 6) is -1.09. The first kappa shape index (κ1) is 28.5. The van der Waals surface area contributed by atoms with E-state index in [-0.39, 0.29) is 28.2 Å². The Bertz CT molecular complexity index is 1450. The van der Waals surface area contributed by atoms with Gasteiger partial charge in [-0.2, -0.15) is 4.98 Å². The van der Waals surface area contributed by atoms with Gasteiger partial charge in [-0.25, -0.2) is 9.78 Å². The van der Waals surface area contributed by atoms with Crippen molar-refractivity contribution in [1.29, 1.82) is 0 Å². The minimum absolute atomic E-state index is 0.108. The van der Waals surface area contributed by atoms with Crippen molar-refractivity contribution in [3.63, 3.8) is 0 Å². The molecule has 0 saturated carbocycles. The lowest BCUT2D eigenvalue weighted by molar-refractivity contribution is -0.274. The summed E-state index contributed by atoms with van der Waals surface area (Å²) >= 11 is 3.10. The Morgan fingerprint density at radius 2 is 1.85 bits per heavy atom. The van der Waals surface area contributed by atoms with E-state index in [2.05, 4.69) is 40.9 Å². The van der Waals surface area contributed by atoms with E-state index in [0.717, 1.165) is 29.2 Å². The van der Waals surface area contributed by atoms with Crippen LogP contribution in [0.25, 0.3) is 21.8 Å². The molecule has 0 aliphatic rings. The van der Waals surface area contributed by atoms with Crippen LogP contribution >= 0.6 is 15.9 Å². The maximum atomic E-state index is 12.4. The second kappa shape index (κ2) is 13.0. The van der Waals surface area contributed by atoms with E-state index in [1.165, 1.54) is 12.1 Å². The summed E-state index contributed by atoms with van der Waals surface area (Å²) in [7, 11) is 0. The highest BCUT2D eigenvalue weighted by atomic mass is 79.9. The predicted octanol–water partition coefficient (Wildman–Crippen LogP) is 5.50. The number of hydrogen-bond acceptors (Lipinski definition) is 8. The van der Waals surface area contributed by atoms with Crippen LogP contribution in [0.3, 0.4) is 0 Å². The quantitative estimate of drug-likeness (QED) is 0.150. The first-order valence-electron chi connectivity index (χ1n) is 11.9. The van der Waals surface area contributed by atoms with Crippen molar-refractivity contribution in [2.75, 3.05) is 26.4 Å². The highest BCUT2D eigenvalue weighted by molar-refractivity contribution is 9.10. The average molecular weight is 609 g/mol. The lowest BCUT2D eigenvalue weighted by Crippen LogP contribution is -2.18. The number of nitrogens with zero attached hydrogens (tertiary/aromatic N) is 3. The maximum Gasteiger partial charge on any atom is 0.573 e. The average Bonchev–Trinajstić information content (AvgIpc) is 2.90. The fraction of sp³-hybridized carbons (Fsp3) is 0.308. The van der Waals surface area contributed by atoms with Crippen LogP contribution in [-0.2, 0) is 11.3 Å². The fourth-order valence-electron chi connectivity index (χ4n) is 3.77. The molecule has 0 aliphatic carbocycles. The number of alkyl halides is 3. The predicted molar refractivity (Wildman–Crippen MR) is 140 cm³/mol. The molecule has 9 nitrogen and oxygen atoms in total. The van der Waals surface area contributed by atoms with Gasteiger partial charge in [0.15, 0.2) is 11.3 Å². The molecule has 206 valence electrons. The minimum atomic E-state index is -4.73. The number of carboxylic acids is 1. The van der Waals surface area contributed by atoms with Crippen LogP contribution in [-0.4, -0.2) is 58.8 Å². The van der Waals surface area contributed by atoms with E-state index in [9.17, 15) is 23.1 Å². The lowest BCUT2D eigenvalue weighted by atomic mass is 10.1. The van der Waals surface area contributed by atoms with Gasteiger partial charge in [0.1, 0.15) is 12.4 Å². The molecule has 3 heterocycles. The highest BCUT2D eigenvalue weighted by Crippen LogP contribution is 2.31. The Morgan fingerprint density at radius 1 is 1.00 bits per heavy atom. The van der Waals surface area contributed by atoms with Crippen molar-refractivity contribution in [2.45, 2.75) is 25.7 Å². The van der Waals surface area contributed by atoms with Gasteiger partial charge in [0, 0.05) is 41.7 Å². The van der Waals surface area contributed by atoms with Crippen LogP contribution in [0.4, 0.5) is 13.2 Å². The Kier molecular flexibility index (Phi) is 9.49. The van der Waals surface area contributed by atoms with Gasteiger partial charge in [0.25, 0.3) is 0 Å². The number of rotatable bonds is 13. The molecule has 0 saturated heterocycles. The number of hydrogen-bond donors (Lipinski definition) is 2. The molecule has 0 spiro atoms. The number of halogens is 4. The third-order valence-corrected chi connectivity index (χ3v) is 6.17. The first-order chi connectivity index (χ1) is 18.7. The Morgan fingerprint density at radius 3 is 2.62 bits per heavy atom. The molecule has 0 radical (unpaired) electrons. The Hall–Kier alpha value is -3.55. The summed E-state index contributed by atoms with van der Waals surface area (Å²) in [5.41, 5.74) is 0.977. The summed E-state index contributed by atoms with van der Waals surface area (Å²) in [6.45, 7) is 2.33. The number of aromatic carboxylic acids is 1. The van der Waals surface area contributed by atoms with Gasteiger partial charge in [-0.15, -0.1) is 13.2 Å². The zero-order chi connectivity index (χ0) is 27.8. The van der Waals surface area contributed by atoms with Gasteiger partial charge in [-0.3, -0.25) is 4.98 Å². The molecule has 0 unspecified atom stereocenters. The number of carbonyl (C=O) groups is 1. The highest BCUT2D eigenvalue weighted by Gasteiger charge is 2.31. The molecule has 0 aliphatic heterocycles. The number of aromatic nitrogens is 3. The number of benzene rings is 1. The van der Waals surface area contributed by atoms with Crippen LogP contribution in [0.2, 0.25) is 0 Å². The molecule has 0 bridgehead atoms. The zero-order valence-corrected chi connectivity index (χ0v) is 22.1. The Balaban J connectivity index is 1.17. The van der Waals surface area contributed by atoms with Crippen molar-refractivity contribution in [1.82, 2.24) is 20.3 Å². The van der Waals surface area contributed by atoms with Crippen LogP contribution in [0.5, 0.6) is 11.6 Å². The molecular formula is C26H24BrF3N4O5. The molecule has 13 heteroatoms. The summed E-state index contributed by atoms with van der Waals surface area (Å²) in [4.78, 5) is 24.0. The summed E-state index contributed by atoms with van der Waals surface area (Å²) in [5, 5.41) is 14.6. The van der Waals surface area contributed by atoms with Crippen molar-refractivity contribution >= 4 is 43.7 Å². The second-order valence-electron chi connectivity index (χ2n) is 8.37. The molecule has 4 rings (SSSR count). The molecule has 1 aromatic carbocycles. The first-order valence-corrected chi connectivity index (χ1v) is 12.7. The van der Waals surface area contributed by atoms with Crippen molar-refractivity contribution in [3.05, 3.63) is 64.5 Å². The summed E-state index contributed by atoms with van der Waals surface area (Å²) in [6, 6.07) is 9.30. The third kappa shape index (κ3) is 7.97. The maximum absolute atomic E-state index is 12.4. The summed E-state index contributed by atoms with van der Waals surface area (Å²) in [6.07, 6.45) is 0.206. The van der Waals surface area contributed by atoms with E-state index in [1.54, 1.807) is 36.7 Å². The molecule has 4 aromatic rings. The number of unbranched alkanes of at least 4 members (excludes halogenated alkanes) is 1. The van der Waals surface area contributed by atoms with Crippen LogP contribution < -0.4 is 14.8 Å². The normalized spacial score (nSPS) is 11.7. The number of nitrogens with one attached hydrogen (secondary N) is 1. The molecule has 39 heavy (non-hydrogen) atoms. The SMILES string of the molecule is O=C(O)c1ccc2c(n1)nc(OCCOCCCCNCc1ccc(OC(F)(F)F)c(Br)c1)c1ccncc12. The van der Waals surface area contributed by atoms with E-state index in [4.69, 9.17) is 9.47 Å². The number of fused-ring (bicyclic) bond motifs is 3.